The summed E-state index contributed by atoms with van der Waals surface area (Å²) >= 11 is 12.1. The first kappa shape index (κ1) is 24.7. The summed E-state index contributed by atoms with van der Waals surface area (Å²) in [6.07, 6.45) is 0.484. The fourth-order valence-electron chi connectivity index (χ4n) is 2.74. The molecule has 158 valence electrons. The van der Waals surface area contributed by atoms with Gasteiger partial charge in [0.25, 0.3) is 0 Å². The molecule has 0 saturated carbocycles. The van der Waals surface area contributed by atoms with Gasteiger partial charge in [-0.15, -0.1) is 0 Å². The molecule has 29 heavy (non-hydrogen) atoms. The minimum Gasteiger partial charge on any atom is -0.345 e. The molecule has 0 fully saturated rings. The van der Waals surface area contributed by atoms with Crippen LogP contribution >= 0.6 is 23.2 Å². The number of hydrogen-bond acceptors (Lipinski definition) is 4. The van der Waals surface area contributed by atoms with Gasteiger partial charge in [0, 0.05) is 10.0 Å². The first-order chi connectivity index (χ1) is 13.5. The monoisotopic (exact) mass is 440 g/mol. The third-order valence-electron chi connectivity index (χ3n) is 4.21. The maximum atomic E-state index is 12.9. The predicted molar refractivity (Wildman–Crippen MR) is 113 cm³/mol. The lowest BCUT2D eigenvalue weighted by atomic mass is 9.85. The zero-order chi connectivity index (χ0) is 22.2. The van der Waals surface area contributed by atoms with Gasteiger partial charge in [-0.25, -0.2) is 0 Å². The molecule has 0 spiro atoms. The standard InChI is InChI=1S/C20H26Cl2N4O3/c1-5-15(12-8-13(21)10-14(22)9-12)18(28)26-17(20(2,3)4)19(29)25-11-16(27)24-7-6-23/h8-10,15,17H,5,7,11H2,1-4H3,(H,24,27)(H,25,29)(H,26,28)/t15-,17+/m0/s1. The number of nitrogens with one attached hydrogen (secondary N) is 3. The summed E-state index contributed by atoms with van der Waals surface area (Å²) in [7, 11) is 0. The van der Waals surface area contributed by atoms with E-state index in [0.29, 0.717) is 22.0 Å². The van der Waals surface area contributed by atoms with Gasteiger partial charge in [0.1, 0.15) is 12.6 Å². The van der Waals surface area contributed by atoms with Crippen molar-refractivity contribution in [1.82, 2.24) is 16.0 Å². The van der Waals surface area contributed by atoms with Gasteiger partial charge in [-0.1, -0.05) is 50.9 Å². The molecule has 3 amide bonds. The molecule has 0 radical (unpaired) electrons. The average molecular weight is 441 g/mol. The van der Waals surface area contributed by atoms with E-state index in [1.165, 1.54) is 0 Å². The second-order valence-corrected chi connectivity index (χ2v) is 8.50. The molecule has 3 N–H and O–H groups in total. The molecule has 1 rings (SSSR count). The van der Waals surface area contributed by atoms with E-state index >= 15 is 0 Å². The second-order valence-electron chi connectivity index (χ2n) is 7.62. The van der Waals surface area contributed by atoms with E-state index in [-0.39, 0.29) is 19.0 Å². The third kappa shape index (κ3) is 7.92. The van der Waals surface area contributed by atoms with Gasteiger partial charge in [0.05, 0.1) is 18.5 Å². The maximum absolute atomic E-state index is 12.9. The van der Waals surface area contributed by atoms with Crippen molar-refractivity contribution < 1.29 is 14.4 Å². The summed E-state index contributed by atoms with van der Waals surface area (Å²) in [6, 6.07) is 5.84. The van der Waals surface area contributed by atoms with Crippen LogP contribution in [-0.4, -0.2) is 36.9 Å². The van der Waals surface area contributed by atoms with E-state index in [4.69, 9.17) is 28.5 Å². The average Bonchev–Trinajstić information content (AvgIpc) is 2.61. The summed E-state index contributed by atoms with van der Waals surface area (Å²) < 4.78 is 0. The Labute approximate surface area is 181 Å². The number of benzene rings is 1. The SMILES string of the molecule is CC[C@H](C(=O)N[C@H](C(=O)NCC(=O)NCC#N)C(C)(C)C)c1cc(Cl)cc(Cl)c1. The van der Waals surface area contributed by atoms with Crippen molar-refractivity contribution in [2.45, 2.75) is 46.1 Å². The highest BCUT2D eigenvalue weighted by Crippen LogP contribution is 2.28. The van der Waals surface area contributed by atoms with Crippen molar-refractivity contribution >= 4 is 40.9 Å². The first-order valence-electron chi connectivity index (χ1n) is 9.17. The Kier molecular flexibility index (Phi) is 9.41. The Bertz CT molecular complexity index is 780. The fraction of sp³-hybridized carbons (Fsp3) is 0.500. The largest absolute Gasteiger partial charge is 0.345 e. The van der Waals surface area contributed by atoms with E-state index in [1.54, 1.807) is 24.3 Å². The van der Waals surface area contributed by atoms with E-state index in [9.17, 15) is 14.4 Å². The molecule has 1 aromatic carbocycles. The normalized spacial score (nSPS) is 13.0. The van der Waals surface area contributed by atoms with E-state index in [0.717, 1.165) is 0 Å². The first-order valence-corrected chi connectivity index (χ1v) is 9.92. The lowest BCUT2D eigenvalue weighted by molar-refractivity contribution is -0.133. The zero-order valence-electron chi connectivity index (χ0n) is 16.9. The molecule has 7 nitrogen and oxygen atoms in total. The van der Waals surface area contributed by atoms with Gasteiger partial charge in [0.15, 0.2) is 0 Å². The highest BCUT2D eigenvalue weighted by atomic mass is 35.5. The van der Waals surface area contributed by atoms with Crippen LogP contribution in [0.25, 0.3) is 0 Å². The summed E-state index contributed by atoms with van der Waals surface area (Å²) in [6.45, 7) is 6.85. The smallest absolute Gasteiger partial charge is 0.243 e. The number of nitriles is 1. The number of hydrogen-bond donors (Lipinski definition) is 3. The highest BCUT2D eigenvalue weighted by molar-refractivity contribution is 6.34. The Morgan fingerprint density at radius 2 is 1.66 bits per heavy atom. The van der Waals surface area contributed by atoms with E-state index in [2.05, 4.69) is 16.0 Å². The number of rotatable bonds is 8. The van der Waals surface area contributed by atoms with Crippen LogP contribution in [0.2, 0.25) is 10.0 Å². The zero-order valence-corrected chi connectivity index (χ0v) is 18.4. The molecule has 0 aliphatic rings. The predicted octanol–water partition coefficient (Wildman–Crippen LogP) is 2.77. The van der Waals surface area contributed by atoms with Crippen molar-refractivity contribution in [3.8, 4) is 6.07 Å². The molecule has 0 aliphatic carbocycles. The van der Waals surface area contributed by atoms with Crippen LogP contribution in [0.1, 0.15) is 45.6 Å². The van der Waals surface area contributed by atoms with Gasteiger partial charge >= 0.3 is 0 Å². The highest BCUT2D eigenvalue weighted by Gasteiger charge is 2.34. The molecule has 2 atom stereocenters. The minimum atomic E-state index is -0.873. The summed E-state index contributed by atoms with van der Waals surface area (Å²) in [5, 5.41) is 17.0. The molecule has 0 bridgehead atoms. The molecular weight excluding hydrogens is 415 g/mol. The van der Waals surface area contributed by atoms with Crippen molar-refractivity contribution in [2.24, 2.45) is 5.41 Å². The molecule has 0 aromatic heterocycles. The number of carbonyl (C=O) groups is 3. The molecule has 1 aromatic rings. The van der Waals surface area contributed by atoms with Gasteiger partial charge < -0.3 is 16.0 Å². The summed E-state index contributed by atoms with van der Waals surface area (Å²) in [5.41, 5.74) is 0.0547. The van der Waals surface area contributed by atoms with Crippen molar-refractivity contribution in [1.29, 1.82) is 5.26 Å². The molecule has 0 unspecified atom stereocenters. The van der Waals surface area contributed by atoms with Gasteiger partial charge in [-0.3, -0.25) is 14.4 Å². The molecular formula is C20H26Cl2N4O3. The maximum Gasteiger partial charge on any atom is 0.243 e. The number of nitrogens with zero attached hydrogens (tertiary/aromatic N) is 1. The Hall–Kier alpha value is -2.30. The number of carbonyl (C=O) groups excluding carboxylic acids is 3. The molecule has 0 heterocycles. The Morgan fingerprint density at radius 1 is 1.07 bits per heavy atom. The van der Waals surface area contributed by atoms with Gasteiger partial charge in [-0.05, 0) is 35.6 Å². The van der Waals surface area contributed by atoms with Crippen molar-refractivity contribution in [3.63, 3.8) is 0 Å². The lowest BCUT2D eigenvalue weighted by Crippen LogP contribution is -2.55. The van der Waals surface area contributed by atoms with Crippen LogP contribution in [0.3, 0.4) is 0 Å². The summed E-state index contributed by atoms with van der Waals surface area (Å²) in [5.74, 6) is -1.85. The Balaban J connectivity index is 2.93. The molecule has 9 heteroatoms. The molecule has 0 aliphatic heterocycles. The van der Waals surface area contributed by atoms with Crippen LogP contribution in [0.15, 0.2) is 18.2 Å². The number of halogens is 2. The van der Waals surface area contributed by atoms with Crippen LogP contribution < -0.4 is 16.0 Å². The molecule has 0 saturated heterocycles. The topological polar surface area (TPSA) is 111 Å². The minimum absolute atomic E-state index is 0.144. The second kappa shape index (κ2) is 11.0. The fourth-order valence-corrected chi connectivity index (χ4v) is 3.28. The van der Waals surface area contributed by atoms with Crippen molar-refractivity contribution in [2.75, 3.05) is 13.1 Å². The van der Waals surface area contributed by atoms with Crippen LogP contribution in [0.5, 0.6) is 0 Å². The van der Waals surface area contributed by atoms with Gasteiger partial charge in [-0.2, -0.15) is 5.26 Å². The van der Waals surface area contributed by atoms with Gasteiger partial charge in [0.2, 0.25) is 17.7 Å². The van der Waals surface area contributed by atoms with Crippen LogP contribution in [-0.2, 0) is 14.4 Å². The quantitative estimate of drug-likeness (QED) is 0.539. The van der Waals surface area contributed by atoms with E-state index in [1.807, 2.05) is 27.7 Å². The summed E-state index contributed by atoms with van der Waals surface area (Å²) in [4.78, 5) is 37.2. The Morgan fingerprint density at radius 3 is 2.14 bits per heavy atom. The van der Waals surface area contributed by atoms with Crippen molar-refractivity contribution in [3.05, 3.63) is 33.8 Å². The lowest BCUT2D eigenvalue weighted by Gasteiger charge is -2.31. The number of amides is 3. The van der Waals surface area contributed by atoms with Crippen LogP contribution in [0.4, 0.5) is 0 Å². The third-order valence-corrected chi connectivity index (χ3v) is 4.65. The van der Waals surface area contributed by atoms with Crippen LogP contribution in [0, 0.1) is 16.7 Å². The van der Waals surface area contributed by atoms with E-state index < -0.39 is 29.2 Å².